The third-order valence-electron chi connectivity index (χ3n) is 5.84. The fourth-order valence-electron chi connectivity index (χ4n) is 4.38. The topological polar surface area (TPSA) is 108 Å². The third kappa shape index (κ3) is 3.82. The lowest BCUT2D eigenvalue weighted by Gasteiger charge is -2.35. The van der Waals surface area contributed by atoms with Crippen LogP contribution in [0.3, 0.4) is 0 Å². The van der Waals surface area contributed by atoms with Gasteiger partial charge in [-0.25, -0.2) is 4.79 Å². The number of hydrogen-bond donors (Lipinski definition) is 2. The molecule has 1 aliphatic carbocycles. The minimum absolute atomic E-state index is 0.0469. The minimum atomic E-state index is -0.781. The maximum Gasteiger partial charge on any atom is 0.340 e. The highest BCUT2D eigenvalue weighted by Gasteiger charge is 2.43. The lowest BCUT2D eigenvalue weighted by atomic mass is 9.73. The SMILES string of the molecule is CCOC(=O)C1=C(N)OC2=C(C(=O)C[C@H](c3ccccc3)C2)[C@@H]1c1ccc(O)c(OC)c1. The average molecular weight is 435 g/mol. The van der Waals surface area contributed by atoms with Crippen LogP contribution in [0.25, 0.3) is 0 Å². The summed E-state index contributed by atoms with van der Waals surface area (Å²) in [5.74, 6) is -1.04. The molecular formula is C25H25NO6. The molecule has 2 aliphatic rings. The number of carbonyl (C=O) groups is 2. The molecule has 0 saturated heterocycles. The van der Waals surface area contributed by atoms with E-state index in [9.17, 15) is 14.7 Å². The number of phenols is 1. The van der Waals surface area contributed by atoms with Gasteiger partial charge in [-0.05, 0) is 36.1 Å². The van der Waals surface area contributed by atoms with Gasteiger partial charge < -0.3 is 25.1 Å². The van der Waals surface area contributed by atoms with Crippen molar-refractivity contribution in [1.82, 2.24) is 0 Å². The number of ketones is 1. The van der Waals surface area contributed by atoms with E-state index < -0.39 is 11.9 Å². The van der Waals surface area contributed by atoms with Gasteiger partial charge in [-0.3, -0.25) is 4.79 Å². The predicted octanol–water partition coefficient (Wildman–Crippen LogP) is 3.65. The van der Waals surface area contributed by atoms with Crippen LogP contribution in [-0.2, 0) is 19.1 Å². The van der Waals surface area contributed by atoms with Crippen molar-refractivity contribution in [2.75, 3.05) is 13.7 Å². The van der Waals surface area contributed by atoms with Gasteiger partial charge in [-0.2, -0.15) is 0 Å². The van der Waals surface area contributed by atoms with Crippen molar-refractivity contribution >= 4 is 11.8 Å². The van der Waals surface area contributed by atoms with E-state index in [2.05, 4.69) is 0 Å². The van der Waals surface area contributed by atoms with Crippen LogP contribution in [0.5, 0.6) is 11.5 Å². The molecule has 0 saturated carbocycles. The summed E-state index contributed by atoms with van der Waals surface area (Å²) in [6, 6.07) is 14.5. The minimum Gasteiger partial charge on any atom is -0.504 e. The number of nitrogens with two attached hydrogens (primary N) is 1. The molecule has 2 atom stereocenters. The zero-order chi connectivity index (χ0) is 22.8. The second-order valence-electron chi connectivity index (χ2n) is 7.74. The molecule has 0 spiro atoms. The van der Waals surface area contributed by atoms with Crippen LogP contribution in [0.15, 0.2) is 71.3 Å². The van der Waals surface area contributed by atoms with Gasteiger partial charge in [0.15, 0.2) is 17.3 Å². The summed E-state index contributed by atoms with van der Waals surface area (Å²) in [5.41, 5.74) is 8.29. The maximum atomic E-state index is 13.4. The van der Waals surface area contributed by atoms with Crippen LogP contribution in [0, 0.1) is 0 Å². The summed E-state index contributed by atoms with van der Waals surface area (Å²) in [6.07, 6.45) is 0.765. The number of phenolic OH excluding ortho intramolecular Hbond substituents is 1. The van der Waals surface area contributed by atoms with E-state index in [0.717, 1.165) is 5.56 Å². The zero-order valence-corrected chi connectivity index (χ0v) is 18.0. The lowest BCUT2D eigenvalue weighted by molar-refractivity contribution is -0.139. The average Bonchev–Trinajstić information content (AvgIpc) is 2.79. The van der Waals surface area contributed by atoms with Gasteiger partial charge in [0.2, 0.25) is 5.88 Å². The van der Waals surface area contributed by atoms with Crippen LogP contribution in [0.1, 0.15) is 42.7 Å². The van der Waals surface area contributed by atoms with Crippen LogP contribution in [0.4, 0.5) is 0 Å². The third-order valence-corrected chi connectivity index (χ3v) is 5.84. The molecule has 0 unspecified atom stereocenters. The van der Waals surface area contributed by atoms with E-state index in [1.54, 1.807) is 19.1 Å². The summed E-state index contributed by atoms with van der Waals surface area (Å²) in [5, 5.41) is 10.0. The van der Waals surface area contributed by atoms with Gasteiger partial charge in [-0.1, -0.05) is 36.4 Å². The van der Waals surface area contributed by atoms with Crippen molar-refractivity contribution in [3.63, 3.8) is 0 Å². The smallest absolute Gasteiger partial charge is 0.340 e. The van der Waals surface area contributed by atoms with E-state index in [1.807, 2.05) is 30.3 Å². The molecular weight excluding hydrogens is 410 g/mol. The van der Waals surface area contributed by atoms with Crippen molar-refractivity contribution in [3.8, 4) is 11.5 Å². The standard InChI is InChI=1S/C25H25NO6/c1-3-31-25(29)23-21(15-9-10-17(27)19(12-15)30-2)22-18(28)11-16(13-20(22)32-24(23)26)14-7-5-4-6-8-14/h4-10,12,16,21,27H,3,11,13,26H2,1-2H3/t16-,21-/m0/s1. The Morgan fingerprint density at radius 3 is 2.59 bits per heavy atom. The summed E-state index contributed by atoms with van der Waals surface area (Å²) in [6.45, 7) is 1.84. The van der Waals surface area contributed by atoms with Crippen molar-refractivity contribution in [3.05, 3.63) is 82.4 Å². The Hall–Kier alpha value is -3.74. The molecule has 7 nitrogen and oxygen atoms in total. The molecule has 32 heavy (non-hydrogen) atoms. The molecule has 0 bridgehead atoms. The zero-order valence-electron chi connectivity index (χ0n) is 18.0. The summed E-state index contributed by atoms with van der Waals surface area (Å²) in [4.78, 5) is 26.2. The second kappa shape index (κ2) is 8.78. The first-order valence-electron chi connectivity index (χ1n) is 10.5. The van der Waals surface area contributed by atoms with Crippen molar-refractivity contribution < 1.29 is 28.9 Å². The highest BCUT2D eigenvalue weighted by atomic mass is 16.5. The van der Waals surface area contributed by atoms with E-state index in [-0.39, 0.29) is 47.7 Å². The summed E-state index contributed by atoms with van der Waals surface area (Å²) < 4.78 is 16.3. The summed E-state index contributed by atoms with van der Waals surface area (Å²) in [7, 11) is 1.43. The number of ether oxygens (including phenoxy) is 3. The quantitative estimate of drug-likeness (QED) is 0.690. The van der Waals surface area contributed by atoms with E-state index in [1.165, 1.54) is 13.2 Å². The molecule has 2 aromatic rings. The van der Waals surface area contributed by atoms with Crippen molar-refractivity contribution in [1.29, 1.82) is 0 Å². The number of carbonyl (C=O) groups excluding carboxylic acids is 2. The molecule has 7 heteroatoms. The molecule has 2 aromatic carbocycles. The number of rotatable bonds is 5. The number of hydrogen-bond acceptors (Lipinski definition) is 7. The normalized spacial score (nSPS) is 20.5. The van der Waals surface area contributed by atoms with Gasteiger partial charge in [0.05, 0.1) is 19.6 Å². The highest BCUT2D eigenvalue weighted by molar-refractivity contribution is 6.03. The monoisotopic (exact) mass is 435 g/mol. The maximum absolute atomic E-state index is 13.4. The van der Waals surface area contributed by atoms with Gasteiger partial charge >= 0.3 is 5.97 Å². The first kappa shape index (κ1) is 21.5. The fourth-order valence-corrected chi connectivity index (χ4v) is 4.38. The predicted molar refractivity (Wildman–Crippen MR) is 117 cm³/mol. The molecule has 4 rings (SSSR count). The Bertz CT molecular complexity index is 1120. The first-order chi connectivity index (χ1) is 15.4. The Morgan fingerprint density at radius 1 is 1.16 bits per heavy atom. The van der Waals surface area contributed by atoms with Gasteiger partial charge in [0.25, 0.3) is 0 Å². The van der Waals surface area contributed by atoms with Gasteiger partial charge in [-0.15, -0.1) is 0 Å². The number of Topliss-reactive ketones (excluding diaryl/α,β-unsaturated/α-hetero) is 1. The molecule has 3 N–H and O–H groups in total. The van der Waals surface area contributed by atoms with Crippen LogP contribution in [-0.4, -0.2) is 30.6 Å². The molecule has 0 radical (unpaired) electrons. The number of esters is 1. The number of aromatic hydroxyl groups is 1. The summed E-state index contributed by atoms with van der Waals surface area (Å²) >= 11 is 0. The molecule has 0 fully saturated rings. The Balaban J connectivity index is 1.83. The van der Waals surface area contributed by atoms with Crippen LogP contribution >= 0.6 is 0 Å². The Kier molecular flexibility index (Phi) is 5.90. The van der Waals surface area contributed by atoms with Crippen molar-refractivity contribution in [2.24, 2.45) is 5.73 Å². The second-order valence-corrected chi connectivity index (χ2v) is 7.74. The number of benzene rings is 2. The number of allylic oxidation sites excluding steroid dienone is 2. The van der Waals surface area contributed by atoms with E-state index >= 15 is 0 Å². The van der Waals surface area contributed by atoms with Crippen LogP contribution < -0.4 is 10.5 Å². The lowest BCUT2D eigenvalue weighted by Crippen LogP contribution is -2.33. The molecule has 0 amide bonds. The van der Waals surface area contributed by atoms with Crippen molar-refractivity contribution in [2.45, 2.75) is 31.6 Å². The van der Waals surface area contributed by atoms with E-state index in [4.69, 9.17) is 19.9 Å². The molecule has 166 valence electrons. The molecule has 1 heterocycles. The number of methoxy groups -OCH3 is 1. The fraction of sp³-hybridized carbons (Fsp3) is 0.280. The van der Waals surface area contributed by atoms with Crippen LogP contribution in [0.2, 0.25) is 0 Å². The Morgan fingerprint density at radius 2 is 1.91 bits per heavy atom. The van der Waals surface area contributed by atoms with Gasteiger partial charge in [0, 0.05) is 18.4 Å². The molecule has 0 aromatic heterocycles. The highest BCUT2D eigenvalue weighted by Crippen LogP contribution is 2.48. The first-order valence-corrected chi connectivity index (χ1v) is 10.5. The van der Waals surface area contributed by atoms with Gasteiger partial charge in [0.1, 0.15) is 11.3 Å². The molecule has 1 aliphatic heterocycles. The Labute approximate surface area is 186 Å². The largest absolute Gasteiger partial charge is 0.504 e. The van der Waals surface area contributed by atoms with E-state index in [0.29, 0.717) is 23.3 Å².